The number of hydrogen-bond donors (Lipinski definition) is 3. The van der Waals surface area contributed by atoms with E-state index in [0.717, 1.165) is 18.4 Å². The van der Waals surface area contributed by atoms with Gasteiger partial charge in [-0.25, -0.2) is 9.59 Å². The Hall–Kier alpha value is -2.04. The van der Waals surface area contributed by atoms with E-state index in [2.05, 4.69) is 24.5 Å². The van der Waals surface area contributed by atoms with Gasteiger partial charge in [0, 0.05) is 12.6 Å². The number of carbonyl (C=O) groups excluding carboxylic acids is 1. The number of urea groups is 1. The van der Waals surface area contributed by atoms with Crippen molar-refractivity contribution in [3.8, 4) is 0 Å². The number of carbonyl (C=O) groups is 2. The maximum atomic E-state index is 11.8. The Morgan fingerprint density at radius 2 is 1.90 bits per heavy atom. The van der Waals surface area contributed by atoms with Crippen molar-refractivity contribution >= 4 is 12.0 Å². The monoisotopic (exact) mass is 292 g/mol. The molecule has 5 nitrogen and oxygen atoms in total. The van der Waals surface area contributed by atoms with Crippen molar-refractivity contribution in [1.29, 1.82) is 0 Å². The first kappa shape index (κ1) is 17.0. The van der Waals surface area contributed by atoms with E-state index < -0.39 is 5.97 Å². The van der Waals surface area contributed by atoms with E-state index in [1.165, 1.54) is 6.07 Å². The second-order valence-corrected chi connectivity index (χ2v) is 5.70. The van der Waals surface area contributed by atoms with Gasteiger partial charge in [0.05, 0.1) is 5.56 Å². The Morgan fingerprint density at radius 1 is 1.19 bits per heavy atom. The topological polar surface area (TPSA) is 78.4 Å². The van der Waals surface area contributed by atoms with Gasteiger partial charge in [0.1, 0.15) is 0 Å². The summed E-state index contributed by atoms with van der Waals surface area (Å²) in [5.41, 5.74) is 0.986. The van der Waals surface area contributed by atoms with Gasteiger partial charge in [-0.05, 0) is 43.4 Å². The summed E-state index contributed by atoms with van der Waals surface area (Å²) in [5.74, 6) is -0.348. The molecule has 2 amide bonds. The Balaban J connectivity index is 2.39. The highest BCUT2D eigenvalue weighted by Crippen LogP contribution is 2.07. The number of aromatic carboxylic acids is 1. The first-order valence-corrected chi connectivity index (χ1v) is 7.25. The summed E-state index contributed by atoms with van der Waals surface area (Å²) in [7, 11) is 0. The van der Waals surface area contributed by atoms with Gasteiger partial charge in [0.2, 0.25) is 0 Å². The van der Waals surface area contributed by atoms with Crippen LogP contribution in [0.5, 0.6) is 0 Å². The summed E-state index contributed by atoms with van der Waals surface area (Å²) >= 11 is 0. The minimum absolute atomic E-state index is 0.123. The molecule has 0 aromatic heterocycles. The van der Waals surface area contributed by atoms with Crippen LogP contribution in [0.25, 0.3) is 0 Å². The third-order valence-corrected chi connectivity index (χ3v) is 3.18. The van der Waals surface area contributed by atoms with Crippen molar-refractivity contribution in [3.63, 3.8) is 0 Å². The van der Waals surface area contributed by atoms with Crippen LogP contribution in [-0.2, 0) is 6.54 Å². The zero-order valence-electron chi connectivity index (χ0n) is 12.8. The third-order valence-electron chi connectivity index (χ3n) is 3.18. The number of hydrogen-bond acceptors (Lipinski definition) is 2. The highest BCUT2D eigenvalue weighted by Gasteiger charge is 2.08. The van der Waals surface area contributed by atoms with Crippen LogP contribution >= 0.6 is 0 Å². The Bertz CT molecular complexity index is 486. The largest absolute Gasteiger partial charge is 0.478 e. The van der Waals surface area contributed by atoms with Gasteiger partial charge in [-0.1, -0.05) is 26.0 Å². The molecule has 0 aliphatic rings. The second-order valence-electron chi connectivity index (χ2n) is 5.70. The summed E-state index contributed by atoms with van der Waals surface area (Å²) in [5, 5.41) is 14.5. The molecular weight excluding hydrogens is 268 g/mol. The minimum atomic E-state index is -0.969. The van der Waals surface area contributed by atoms with E-state index in [-0.39, 0.29) is 17.6 Å². The number of nitrogens with one attached hydrogen (secondary N) is 2. The van der Waals surface area contributed by atoms with Crippen LogP contribution in [0.2, 0.25) is 0 Å². The van der Waals surface area contributed by atoms with Crippen molar-refractivity contribution in [3.05, 3.63) is 35.4 Å². The molecule has 1 aromatic carbocycles. The van der Waals surface area contributed by atoms with E-state index in [1.54, 1.807) is 18.2 Å². The summed E-state index contributed by atoms with van der Waals surface area (Å²) in [4.78, 5) is 22.6. The molecule has 21 heavy (non-hydrogen) atoms. The zero-order valence-corrected chi connectivity index (χ0v) is 12.8. The highest BCUT2D eigenvalue weighted by atomic mass is 16.4. The minimum Gasteiger partial charge on any atom is -0.478 e. The third kappa shape index (κ3) is 6.79. The van der Waals surface area contributed by atoms with Crippen molar-refractivity contribution in [2.75, 3.05) is 0 Å². The summed E-state index contributed by atoms with van der Waals surface area (Å²) < 4.78 is 0. The van der Waals surface area contributed by atoms with Crippen LogP contribution in [-0.4, -0.2) is 23.1 Å². The molecule has 0 spiro atoms. The molecule has 1 aromatic rings. The van der Waals surface area contributed by atoms with E-state index in [1.807, 2.05) is 6.92 Å². The lowest BCUT2D eigenvalue weighted by Gasteiger charge is -2.15. The van der Waals surface area contributed by atoms with Gasteiger partial charge < -0.3 is 15.7 Å². The molecule has 116 valence electrons. The standard InChI is InChI=1S/C16H24N2O3/c1-11(2)7-8-12(3)18-16(21)17-10-13-5-4-6-14(9-13)15(19)20/h4-6,9,11-12H,7-8,10H2,1-3H3,(H,19,20)(H2,17,18,21). The molecule has 0 bridgehead atoms. The number of rotatable bonds is 7. The molecule has 1 rings (SSSR count). The van der Waals surface area contributed by atoms with Crippen molar-refractivity contribution in [2.45, 2.75) is 46.2 Å². The lowest BCUT2D eigenvalue weighted by molar-refractivity contribution is 0.0696. The zero-order chi connectivity index (χ0) is 15.8. The average Bonchev–Trinajstić information content (AvgIpc) is 2.43. The van der Waals surface area contributed by atoms with E-state index >= 15 is 0 Å². The molecule has 0 aliphatic carbocycles. The molecule has 1 atom stereocenters. The predicted octanol–water partition coefficient (Wildman–Crippen LogP) is 3.01. The number of benzene rings is 1. The van der Waals surface area contributed by atoms with Gasteiger partial charge in [0.25, 0.3) is 0 Å². The maximum Gasteiger partial charge on any atom is 0.335 e. The van der Waals surface area contributed by atoms with Gasteiger partial charge in [-0.3, -0.25) is 0 Å². The molecule has 0 heterocycles. The fourth-order valence-electron chi connectivity index (χ4n) is 1.93. The molecule has 1 unspecified atom stereocenters. The summed E-state index contributed by atoms with van der Waals surface area (Å²) in [6.07, 6.45) is 2.02. The molecule has 0 fully saturated rings. The smallest absolute Gasteiger partial charge is 0.335 e. The molecule has 0 radical (unpaired) electrons. The normalized spacial score (nSPS) is 12.0. The quantitative estimate of drug-likeness (QED) is 0.723. The number of carboxylic acid groups (broad SMARTS) is 1. The molecule has 0 saturated heterocycles. The van der Waals surface area contributed by atoms with Crippen LogP contribution in [0.1, 0.15) is 49.5 Å². The number of carboxylic acids is 1. The van der Waals surface area contributed by atoms with Crippen LogP contribution < -0.4 is 10.6 Å². The van der Waals surface area contributed by atoms with Crippen molar-refractivity contribution in [1.82, 2.24) is 10.6 Å². The second kappa shape index (κ2) is 8.29. The van der Waals surface area contributed by atoms with Gasteiger partial charge in [0.15, 0.2) is 0 Å². The molecule has 3 N–H and O–H groups in total. The fourth-order valence-corrected chi connectivity index (χ4v) is 1.93. The first-order valence-electron chi connectivity index (χ1n) is 7.25. The maximum absolute atomic E-state index is 11.8. The lowest BCUT2D eigenvalue weighted by Crippen LogP contribution is -2.40. The molecule has 5 heteroatoms. The molecular formula is C16H24N2O3. The number of amides is 2. The summed E-state index contributed by atoms with van der Waals surface area (Å²) in [6.45, 7) is 6.60. The van der Waals surface area contributed by atoms with Crippen LogP contribution in [0.15, 0.2) is 24.3 Å². The van der Waals surface area contributed by atoms with E-state index in [4.69, 9.17) is 5.11 Å². The summed E-state index contributed by atoms with van der Waals surface area (Å²) in [6, 6.07) is 6.44. The fraction of sp³-hybridized carbons (Fsp3) is 0.500. The average molecular weight is 292 g/mol. The van der Waals surface area contributed by atoms with Gasteiger partial charge in [-0.2, -0.15) is 0 Å². The van der Waals surface area contributed by atoms with Crippen LogP contribution in [0.3, 0.4) is 0 Å². The molecule has 0 aliphatic heterocycles. The first-order chi connectivity index (χ1) is 9.88. The lowest BCUT2D eigenvalue weighted by atomic mass is 10.0. The Kier molecular flexibility index (Phi) is 6.72. The van der Waals surface area contributed by atoms with Crippen LogP contribution in [0, 0.1) is 5.92 Å². The van der Waals surface area contributed by atoms with E-state index in [9.17, 15) is 9.59 Å². The van der Waals surface area contributed by atoms with Crippen molar-refractivity contribution in [2.24, 2.45) is 5.92 Å². The highest BCUT2D eigenvalue weighted by molar-refractivity contribution is 5.87. The SMILES string of the molecule is CC(C)CCC(C)NC(=O)NCc1cccc(C(=O)O)c1. The van der Waals surface area contributed by atoms with Crippen molar-refractivity contribution < 1.29 is 14.7 Å². The Morgan fingerprint density at radius 3 is 2.52 bits per heavy atom. The van der Waals surface area contributed by atoms with E-state index in [0.29, 0.717) is 12.5 Å². The van der Waals surface area contributed by atoms with Gasteiger partial charge in [-0.15, -0.1) is 0 Å². The van der Waals surface area contributed by atoms with Gasteiger partial charge >= 0.3 is 12.0 Å². The molecule has 0 saturated carbocycles. The Labute approximate surface area is 125 Å². The van der Waals surface area contributed by atoms with Crippen LogP contribution in [0.4, 0.5) is 4.79 Å². The predicted molar refractivity (Wildman–Crippen MR) is 82.3 cm³/mol.